The molecule has 2 aromatic carbocycles. The van der Waals surface area contributed by atoms with Crippen LogP contribution < -0.4 is 15.1 Å². The van der Waals surface area contributed by atoms with Crippen molar-refractivity contribution in [3.05, 3.63) is 69.8 Å². The highest BCUT2D eigenvalue weighted by Crippen LogP contribution is 2.41. The molecule has 1 fully saturated rings. The summed E-state index contributed by atoms with van der Waals surface area (Å²) in [5.41, 5.74) is 2.12. The van der Waals surface area contributed by atoms with E-state index in [1.165, 1.54) is 12.3 Å². The second-order valence-electron chi connectivity index (χ2n) is 8.70. The molecule has 1 atom stereocenters. The summed E-state index contributed by atoms with van der Waals surface area (Å²) in [5.74, 6) is 0.0169. The number of halogens is 1. The van der Waals surface area contributed by atoms with Crippen LogP contribution in [0.3, 0.4) is 0 Å². The Kier molecular flexibility index (Phi) is 5.76. The number of oxime groups is 1. The lowest BCUT2D eigenvalue weighted by Crippen LogP contribution is -2.45. The van der Waals surface area contributed by atoms with E-state index in [-0.39, 0.29) is 11.5 Å². The third-order valence-corrected chi connectivity index (χ3v) is 6.33. The van der Waals surface area contributed by atoms with E-state index in [0.717, 1.165) is 18.7 Å². The lowest BCUT2D eigenvalue weighted by Gasteiger charge is -2.37. The minimum Gasteiger partial charge on any atom is -0.487 e. The van der Waals surface area contributed by atoms with Gasteiger partial charge in [-0.1, -0.05) is 35.5 Å². The molecule has 3 heterocycles. The molecule has 1 aromatic heterocycles. The smallest absolute Gasteiger partial charge is 0.198 e. The molecule has 2 aliphatic heterocycles. The molecule has 172 valence electrons. The highest BCUT2D eigenvalue weighted by atomic mass is 19.1. The first-order chi connectivity index (χ1) is 16.0. The van der Waals surface area contributed by atoms with Gasteiger partial charge in [0.25, 0.3) is 0 Å². The lowest BCUT2D eigenvalue weighted by atomic mass is 10.1. The molecule has 0 spiro atoms. The fraction of sp³-hybridized carbons (Fsp3) is 0.360. The molecular weight excluding hydrogens is 423 g/mol. The number of likely N-dealkylation sites (N-methyl/N-ethyl adjacent to an activating group) is 1. The molecular formula is C25H27FN4O3. The van der Waals surface area contributed by atoms with Crippen molar-refractivity contribution in [1.82, 2.24) is 9.47 Å². The van der Waals surface area contributed by atoms with Gasteiger partial charge in [-0.3, -0.25) is 4.79 Å². The van der Waals surface area contributed by atoms with E-state index in [4.69, 9.17) is 9.57 Å². The Morgan fingerprint density at radius 2 is 1.97 bits per heavy atom. The maximum atomic E-state index is 15.4. The van der Waals surface area contributed by atoms with E-state index in [0.29, 0.717) is 54.2 Å². The maximum Gasteiger partial charge on any atom is 0.198 e. The average Bonchev–Trinajstić information content (AvgIpc) is 2.82. The summed E-state index contributed by atoms with van der Waals surface area (Å²) in [4.78, 5) is 22.8. The highest BCUT2D eigenvalue weighted by Gasteiger charge is 2.30. The van der Waals surface area contributed by atoms with Gasteiger partial charge in [0.15, 0.2) is 17.0 Å². The summed E-state index contributed by atoms with van der Waals surface area (Å²) in [6.45, 7) is 5.82. The first kappa shape index (κ1) is 21.5. The Morgan fingerprint density at radius 3 is 2.73 bits per heavy atom. The second-order valence-corrected chi connectivity index (χ2v) is 8.70. The van der Waals surface area contributed by atoms with Gasteiger partial charge in [-0.15, -0.1) is 0 Å². The summed E-state index contributed by atoms with van der Waals surface area (Å²) in [6, 6.07) is 11.0. The first-order valence-electron chi connectivity index (χ1n) is 11.2. The number of rotatable bonds is 5. The van der Waals surface area contributed by atoms with Gasteiger partial charge in [-0.25, -0.2) is 4.39 Å². The molecule has 0 saturated carbocycles. The molecule has 2 aliphatic rings. The monoisotopic (exact) mass is 450 g/mol. The van der Waals surface area contributed by atoms with Crippen LogP contribution in [0, 0.1) is 5.82 Å². The normalized spacial score (nSPS) is 18.6. The number of nitrogens with zero attached hydrogens (tertiary/aromatic N) is 4. The van der Waals surface area contributed by atoms with Crippen molar-refractivity contribution in [2.45, 2.75) is 19.6 Å². The van der Waals surface area contributed by atoms with E-state index in [9.17, 15) is 4.79 Å². The van der Waals surface area contributed by atoms with Crippen molar-refractivity contribution in [2.24, 2.45) is 5.16 Å². The zero-order valence-electron chi connectivity index (χ0n) is 18.8. The predicted octanol–water partition coefficient (Wildman–Crippen LogP) is 3.40. The van der Waals surface area contributed by atoms with Crippen LogP contribution >= 0.6 is 0 Å². The van der Waals surface area contributed by atoms with E-state index in [1.54, 1.807) is 6.20 Å². The van der Waals surface area contributed by atoms with Crippen molar-refractivity contribution in [3.63, 3.8) is 0 Å². The van der Waals surface area contributed by atoms with Gasteiger partial charge in [0.05, 0.1) is 28.7 Å². The third kappa shape index (κ3) is 4.06. The van der Waals surface area contributed by atoms with Crippen LogP contribution in [0.15, 0.2) is 52.5 Å². The zero-order valence-corrected chi connectivity index (χ0v) is 18.8. The van der Waals surface area contributed by atoms with Crippen molar-refractivity contribution in [3.8, 4) is 5.75 Å². The highest BCUT2D eigenvalue weighted by molar-refractivity contribution is 5.95. The molecule has 0 aliphatic carbocycles. The number of piperazine rings is 1. The van der Waals surface area contributed by atoms with Gasteiger partial charge < -0.3 is 23.9 Å². The summed E-state index contributed by atoms with van der Waals surface area (Å²) in [5, 5.41) is 4.28. The third-order valence-electron chi connectivity index (χ3n) is 6.33. The molecule has 0 bridgehead atoms. The van der Waals surface area contributed by atoms with Crippen molar-refractivity contribution < 1.29 is 14.0 Å². The van der Waals surface area contributed by atoms with Crippen LogP contribution in [0.25, 0.3) is 10.9 Å². The molecule has 1 saturated heterocycles. The Hall–Kier alpha value is -3.39. The van der Waals surface area contributed by atoms with E-state index < -0.39 is 5.82 Å². The van der Waals surface area contributed by atoms with Gasteiger partial charge in [0.2, 0.25) is 0 Å². The van der Waals surface area contributed by atoms with Crippen LogP contribution in [0.4, 0.5) is 10.1 Å². The number of hydrogen-bond acceptors (Lipinski definition) is 6. The molecule has 5 rings (SSSR count). The van der Waals surface area contributed by atoms with Gasteiger partial charge in [0.1, 0.15) is 18.9 Å². The zero-order chi connectivity index (χ0) is 22.9. The van der Waals surface area contributed by atoms with Gasteiger partial charge >= 0.3 is 0 Å². The lowest BCUT2D eigenvalue weighted by molar-refractivity contribution is 0.132. The fourth-order valence-corrected chi connectivity index (χ4v) is 4.43. The standard InChI is InChI=1S/C25H27FN4O3/c1-17-15-32-25-22-20(12-21(26)23(25)29-10-8-28(2)9-11-29)24(31)19(14-30(17)22)13-27-33-16-18-6-4-3-5-7-18/h3-7,12-14,17H,8-11,15-16H2,1-2H3/b27-13+/t17-/m0/s1. The summed E-state index contributed by atoms with van der Waals surface area (Å²) >= 11 is 0. The van der Waals surface area contributed by atoms with Crippen LogP contribution in [0.2, 0.25) is 0 Å². The minimum absolute atomic E-state index is 0.0104. The molecule has 7 nitrogen and oxygen atoms in total. The quantitative estimate of drug-likeness (QED) is 0.441. The van der Waals surface area contributed by atoms with Crippen molar-refractivity contribution in [1.29, 1.82) is 0 Å². The summed E-state index contributed by atoms with van der Waals surface area (Å²) < 4.78 is 23.4. The van der Waals surface area contributed by atoms with Crippen LogP contribution in [-0.2, 0) is 11.4 Å². The molecule has 3 aromatic rings. The molecule has 0 N–H and O–H groups in total. The molecule has 0 radical (unpaired) electrons. The van der Waals surface area contributed by atoms with Gasteiger partial charge in [0, 0.05) is 32.4 Å². The number of hydrogen-bond donors (Lipinski definition) is 0. The largest absolute Gasteiger partial charge is 0.487 e. The molecule has 0 amide bonds. The summed E-state index contributed by atoms with van der Waals surface area (Å²) in [6.07, 6.45) is 3.17. The Balaban J connectivity index is 1.52. The summed E-state index contributed by atoms with van der Waals surface area (Å²) in [7, 11) is 2.06. The van der Waals surface area contributed by atoms with E-state index >= 15 is 4.39 Å². The van der Waals surface area contributed by atoms with Crippen LogP contribution in [0.1, 0.15) is 24.1 Å². The number of benzene rings is 2. The Labute approximate surface area is 191 Å². The topological polar surface area (TPSA) is 59.3 Å². The predicted molar refractivity (Wildman–Crippen MR) is 127 cm³/mol. The van der Waals surface area contributed by atoms with Crippen LogP contribution in [0.5, 0.6) is 5.75 Å². The molecule has 0 unspecified atom stereocenters. The SMILES string of the molecule is C[C@H]1COc2c(N3CCN(C)CC3)c(F)cc3c(=O)c(/C=N/OCc4ccccc4)cn1c23. The molecule has 33 heavy (non-hydrogen) atoms. The average molecular weight is 451 g/mol. The van der Waals surface area contributed by atoms with E-state index in [1.807, 2.05) is 46.7 Å². The Bertz CT molecular complexity index is 1250. The maximum absolute atomic E-state index is 15.4. The number of aromatic nitrogens is 1. The first-order valence-corrected chi connectivity index (χ1v) is 11.2. The fourth-order valence-electron chi connectivity index (χ4n) is 4.43. The van der Waals surface area contributed by atoms with Gasteiger partial charge in [-0.2, -0.15) is 0 Å². The van der Waals surface area contributed by atoms with Crippen molar-refractivity contribution >= 4 is 22.8 Å². The van der Waals surface area contributed by atoms with Gasteiger partial charge in [-0.05, 0) is 25.6 Å². The van der Waals surface area contributed by atoms with E-state index in [2.05, 4.69) is 17.1 Å². The second kappa shape index (κ2) is 8.86. The van der Waals surface area contributed by atoms with Crippen LogP contribution in [-0.4, -0.2) is 55.5 Å². The Morgan fingerprint density at radius 1 is 1.21 bits per heavy atom. The number of ether oxygens (including phenoxy) is 1. The number of pyridine rings is 1. The minimum atomic E-state index is -0.435. The molecule has 8 heteroatoms. The van der Waals surface area contributed by atoms with Crippen molar-refractivity contribution in [2.75, 3.05) is 44.7 Å². The number of anilines is 1.